The molecule has 6 aromatic rings. The lowest BCUT2D eigenvalue weighted by Gasteiger charge is -2.03. The number of thiocarbonyl (C=S) groups is 2. The van der Waals surface area contributed by atoms with Gasteiger partial charge in [-0.3, -0.25) is 0 Å². The molecule has 0 fully saturated rings. The van der Waals surface area contributed by atoms with Gasteiger partial charge in [0.1, 0.15) is 11.5 Å². The topological polar surface area (TPSA) is 24.7 Å². The summed E-state index contributed by atoms with van der Waals surface area (Å²) in [5.41, 5.74) is 12.5. The van der Waals surface area contributed by atoms with E-state index in [0.29, 0.717) is 0 Å². The highest BCUT2D eigenvalue weighted by atomic mass is 32.1. The fourth-order valence-corrected chi connectivity index (χ4v) is 5.13. The average molecular weight is 673 g/mol. The Bertz CT molecular complexity index is 2150. The molecule has 0 heterocycles. The summed E-state index contributed by atoms with van der Waals surface area (Å²) in [6.45, 7) is 4.18. The van der Waals surface area contributed by atoms with Crippen molar-refractivity contribution in [2.24, 2.45) is 9.98 Å². The standard InChI is InChI=1S/C22H16FNS.C22H17NS/c1-16-2-9-19(10-3-16)20-11-6-17(7-12-20)4-5-18-8-13-22(24-15-25)21(23)14-18;1-17-2-10-20(11-3-17)21-12-6-18(7-13-21)4-5-19-8-14-22(15-9-19)23-16-24/h2-14H,1H3;2-15H,1H3. The van der Waals surface area contributed by atoms with E-state index in [9.17, 15) is 4.39 Å². The first-order chi connectivity index (χ1) is 23.9. The number of rotatable bonds is 8. The first-order valence-corrected chi connectivity index (χ1v) is 16.5. The Balaban J connectivity index is 0.000000191. The van der Waals surface area contributed by atoms with E-state index in [4.69, 9.17) is 0 Å². The van der Waals surface area contributed by atoms with Crippen molar-refractivity contribution in [2.75, 3.05) is 0 Å². The zero-order chi connectivity index (χ0) is 34.4. The Kier molecular flexibility index (Phi) is 12.4. The maximum absolute atomic E-state index is 13.8. The van der Waals surface area contributed by atoms with Gasteiger partial charge in [-0.25, -0.2) is 4.39 Å². The van der Waals surface area contributed by atoms with Crippen LogP contribution < -0.4 is 0 Å². The van der Waals surface area contributed by atoms with Crippen molar-refractivity contribution in [2.45, 2.75) is 13.8 Å². The molecule has 2 nitrogen and oxygen atoms in total. The molecular weight excluding hydrogens is 640 g/mol. The van der Waals surface area contributed by atoms with Gasteiger partial charge >= 0.3 is 0 Å². The quantitative estimate of drug-likeness (QED) is 0.0913. The van der Waals surface area contributed by atoms with Crippen molar-refractivity contribution in [1.29, 1.82) is 0 Å². The molecule has 0 atom stereocenters. The SMILES string of the molecule is Cc1ccc(-c2ccc(C=Cc3ccc(N=C=S)c(F)c3)cc2)cc1.Cc1ccc(-c2ccc(C=Cc3ccc(N=C=S)cc3)cc2)cc1. The minimum Gasteiger partial charge on any atom is -0.205 e. The fourth-order valence-electron chi connectivity index (χ4n) is 4.93. The van der Waals surface area contributed by atoms with Crippen LogP contribution in [0.2, 0.25) is 0 Å². The summed E-state index contributed by atoms with van der Waals surface area (Å²) < 4.78 is 13.8. The summed E-state index contributed by atoms with van der Waals surface area (Å²) >= 11 is 9.10. The molecular formula is C44H33FN2S2. The van der Waals surface area contributed by atoms with E-state index in [2.05, 4.69) is 156 Å². The summed E-state index contributed by atoms with van der Waals surface area (Å²) in [7, 11) is 0. The van der Waals surface area contributed by atoms with Crippen molar-refractivity contribution < 1.29 is 4.39 Å². The lowest BCUT2D eigenvalue weighted by Crippen LogP contribution is -1.80. The predicted molar refractivity (Wildman–Crippen MR) is 213 cm³/mol. The van der Waals surface area contributed by atoms with E-state index in [0.717, 1.165) is 22.4 Å². The van der Waals surface area contributed by atoms with Crippen LogP contribution in [-0.2, 0) is 0 Å². The Morgan fingerprint density at radius 3 is 1.18 bits per heavy atom. The number of benzene rings is 6. The molecule has 0 aliphatic rings. The number of hydrogen-bond donors (Lipinski definition) is 0. The maximum atomic E-state index is 13.8. The van der Waals surface area contributed by atoms with E-state index in [1.54, 1.807) is 12.1 Å². The summed E-state index contributed by atoms with van der Waals surface area (Å²) in [6, 6.07) is 46.6. The van der Waals surface area contributed by atoms with Crippen molar-refractivity contribution in [3.63, 3.8) is 0 Å². The van der Waals surface area contributed by atoms with E-state index >= 15 is 0 Å². The van der Waals surface area contributed by atoms with Crippen molar-refractivity contribution in [3.05, 3.63) is 179 Å². The predicted octanol–water partition coefficient (Wildman–Crippen LogP) is 13.3. The second-order valence-corrected chi connectivity index (χ2v) is 11.7. The second kappa shape index (κ2) is 17.5. The molecule has 0 N–H and O–H groups in total. The molecule has 0 radical (unpaired) electrons. The molecule has 6 rings (SSSR count). The van der Waals surface area contributed by atoms with Crippen LogP contribution in [0.3, 0.4) is 0 Å². The molecule has 49 heavy (non-hydrogen) atoms. The number of aryl methyl sites for hydroxylation is 2. The van der Waals surface area contributed by atoms with Crippen molar-refractivity contribution in [3.8, 4) is 22.3 Å². The fraction of sp³-hybridized carbons (Fsp3) is 0.0455. The first kappa shape index (κ1) is 34.7. The molecule has 0 aliphatic heterocycles. The first-order valence-electron chi connectivity index (χ1n) is 15.7. The molecule has 0 aliphatic carbocycles. The number of halogens is 1. The van der Waals surface area contributed by atoms with Crippen molar-refractivity contribution in [1.82, 2.24) is 0 Å². The minimum absolute atomic E-state index is 0.203. The van der Waals surface area contributed by atoms with Crippen LogP contribution in [0.25, 0.3) is 46.6 Å². The highest BCUT2D eigenvalue weighted by molar-refractivity contribution is 7.78. The number of isothiocyanates is 2. The Labute approximate surface area is 298 Å². The third-order valence-corrected chi connectivity index (χ3v) is 7.92. The third-order valence-electron chi connectivity index (χ3n) is 7.73. The zero-order valence-corrected chi connectivity index (χ0v) is 28.8. The molecule has 0 aromatic heterocycles. The van der Waals surface area contributed by atoms with Gasteiger partial charge in [0.2, 0.25) is 0 Å². The van der Waals surface area contributed by atoms with E-state index in [1.807, 2.05) is 48.6 Å². The molecule has 6 aromatic carbocycles. The third kappa shape index (κ3) is 10.4. The summed E-state index contributed by atoms with van der Waals surface area (Å²) in [6.07, 6.45) is 8.02. The Morgan fingerprint density at radius 2 is 0.796 bits per heavy atom. The second-order valence-electron chi connectivity index (χ2n) is 11.4. The summed E-state index contributed by atoms with van der Waals surface area (Å²) in [5.74, 6) is -0.408. The van der Waals surface area contributed by atoms with Crippen LogP contribution in [0.4, 0.5) is 15.8 Å². The molecule has 238 valence electrons. The largest absolute Gasteiger partial charge is 0.205 e. The molecule has 0 saturated heterocycles. The highest BCUT2D eigenvalue weighted by Gasteiger charge is 2.01. The highest BCUT2D eigenvalue weighted by Crippen LogP contribution is 2.24. The van der Waals surface area contributed by atoms with Crippen LogP contribution in [-0.4, -0.2) is 10.3 Å². The summed E-state index contributed by atoms with van der Waals surface area (Å²) in [5, 5.41) is 4.55. The molecule has 0 saturated carbocycles. The van der Waals surface area contributed by atoms with Crippen LogP contribution in [0.1, 0.15) is 33.4 Å². The molecule has 0 bridgehead atoms. The van der Waals surface area contributed by atoms with E-state index in [-0.39, 0.29) is 5.69 Å². The lowest BCUT2D eigenvalue weighted by atomic mass is 10.0. The van der Waals surface area contributed by atoms with E-state index < -0.39 is 5.82 Å². The average Bonchev–Trinajstić information content (AvgIpc) is 3.13. The van der Waals surface area contributed by atoms with E-state index in [1.165, 1.54) is 45.0 Å². The lowest BCUT2D eigenvalue weighted by molar-refractivity contribution is 0.630. The normalized spacial score (nSPS) is 10.6. The van der Waals surface area contributed by atoms with Gasteiger partial charge in [0, 0.05) is 0 Å². The minimum atomic E-state index is -0.408. The monoisotopic (exact) mass is 672 g/mol. The smallest absolute Gasteiger partial charge is 0.150 e. The van der Waals surface area contributed by atoms with Gasteiger partial charge in [-0.1, -0.05) is 151 Å². The van der Waals surface area contributed by atoms with Gasteiger partial charge in [-0.05, 0) is 107 Å². The molecule has 0 unspecified atom stereocenters. The van der Waals surface area contributed by atoms with Gasteiger partial charge < -0.3 is 0 Å². The number of hydrogen-bond acceptors (Lipinski definition) is 4. The van der Waals surface area contributed by atoms with Crippen molar-refractivity contribution >= 4 is 70.4 Å². The van der Waals surface area contributed by atoms with Gasteiger partial charge in [0.25, 0.3) is 0 Å². The molecule has 0 spiro atoms. The zero-order valence-electron chi connectivity index (χ0n) is 27.2. The van der Waals surface area contributed by atoms with Gasteiger partial charge in [0.05, 0.1) is 16.0 Å². The molecule has 5 heteroatoms. The maximum Gasteiger partial charge on any atom is 0.150 e. The van der Waals surface area contributed by atoms with Gasteiger partial charge in [-0.2, -0.15) is 9.98 Å². The number of aliphatic imine (C=N–C) groups is 2. The van der Waals surface area contributed by atoms with Crippen LogP contribution in [0, 0.1) is 19.7 Å². The van der Waals surface area contributed by atoms with Crippen LogP contribution >= 0.6 is 24.4 Å². The Hall–Kier alpha value is -5.67. The molecule has 0 amide bonds. The van der Waals surface area contributed by atoms with Gasteiger partial charge in [0.15, 0.2) is 0 Å². The van der Waals surface area contributed by atoms with Gasteiger partial charge in [-0.15, -0.1) is 0 Å². The summed E-state index contributed by atoms with van der Waals surface area (Å²) in [4.78, 5) is 7.63. The number of nitrogens with zero attached hydrogens (tertiary/aromatic N) is 2. The van der Waals surface area contributed by atoms with Crippen LogP contribution in [0.5, 0.6) is 0 Å². The van der Waals surface area contributed by atoms with Crippen LogP contribution in [0.15, 0.2) is 150 Å². The Morgan fingerprint density at radius 1 is 0.449 bits per heavy atom.